The summed E-state index contributed by atoms with van der Waals surface area (Å²) in [5.74, 6) is -1.85. The second-order valence-electron chi connectivity index (χ2n) is 6.52. The largest absolute Gasteiger partial charge is 0.323 e. The first kappa shape index (κ1) is 22.7. The fourth-order valence-corrected chi connectivity index (χ4v) is 4.22. The third-order valence-corrected chi connectivity index (χ3v) is 6.35. The average molecular weight is 468 g/mol. The summed E-state index contributed by atoms with van der Waals surface area (Å²) in [6, 6.07) is 11.4. The van der Waals surface area contributed by atoms with Gasteiger partial charge in [0.15, 0.2) is 11.0 Å². The highest BCUT2D eigenvalue weighted by Gasteiger charge is 2.21. The van der Waals surface area contributed by atoms with Gasteiger partial charge in [-0.15, -0.1) is 10.2 Å². The molecule has 1 amide bonds. The zero-order valence-electron chi connectivity index (χ0n) is 16.6. The Labute approximate surface area is 182 Å². The Balaban J connectivity index is 1.67. The molecular weight excluding hydrogens is 448 g/mol. The SMILES string of the molecule is Cn1c(CN(c2ccccc2)S(C)(=O)=O)nnc1SCC(=O)Nc1ccc(F)cc1F. The minimum absolute atomic E-state index is 0.0418. The Morgan fingerprint density at radius 3 is 2.52 bits per heavy atom. The normalized spacial score (nSPS) is 11.4. The number of rotatable bonds is 8. The summed E-state index contributed by atoms with van der Waals surface area (Å²) in [6.45, 7) is -0.0418. The molecule has 0 saturated heterocycles. The number of nitrogens with zero attached hydrogens (tertiary/aromatic N) is 4. The van der Waals surface area contributed by atoms with E-state index in [-0.39, 0.29) is 18.0 Å². The van der Waals surface area contributed by atoms with Crippen molar-refractivity contribution in [1.29, 1.82) is 0 Å². The number of benzene rings is 2. The minimum atomic E-state index is -3.57. The van der Waals surface area contributed by atoms with Crippen molar-refractivity contribution >= 4 is 39.1 Å². The number of anilines is 2. The number of aromatic nitrogens is 3. The molecule has 0 bridgehead atoms. The lowest BCUT2D eigenvalue weighted by atomic mass is 10.3. The van der Waals surface area contributed by atoms with Gasteiger partial charge >= 0.3 is 0 Å². The van der Waals surface area contributed by atoms with Crippen LogP contribution in [0.15, 0.2) is 53.7 Å². The van der Waals surface area contributed by atoms with Crippen molar-refractivity contribution in [3.05, 3.63) is 66.0 Å². The maximum Gasteiger partial charge on any atom is 0.234 e. The van der Waals surface area contributed by atoms with Crippen LogP contribution < -0.4 is 9.62 Å². The number of nitrogens with one attached hydrogen (secondary N) is 1. The summed E-state index contributed by atoms with van der Waals surface area (Å²) in [7, 11) is -1.92. The molecule has 0 radical (unpaired) electrons. The summed E-state index contributed by atoms with van der Waals surface area (Å²) in [4.78, 5) is 12.1. The van der Waals surface area contributed by atoms with E-state index in [1.807, 2.05) is 0 Å². The number of carbonyl (C=O) groups is 1. The second-order valence-corrected chi connectivity index (χ2v) is 9.37. The number of amides is 1. The molecule has 8 nitrogen and oxygen atoms in total. The maximum atomic E-state index is 13.7. The van der Waals surface area contributed by atoms with Gasteiger partial charge in [-0.1, -0.05) is 30.0 Å². The minimum Gasteiger partial charge on any atom is -0.323 e. The van der Waals surface area contributed by atoms with E-state index in [9.17, 15) is 22.0 Å². The Kier molecular flexibility index (Phi) is 6.91. The highest BCUT2D eigenvalue weighted by Crippen LogP contribution is 2.22. The van der Waals surface area contributed by atoms with Crippen LogP contribution in [-0.4, -0.2) is 41.1 Å². The zero-order valence-corrected chi connectivity index (χ0v) is 18.3. The third kappa shape index (κ3) is 5.79. The van der Waals surface area contributed by atoms with Crippen molar-refractivity contribution in [3.63, 3.8) is 0 Å². The van der Waals surface area contributed by atoms with E-state index in [0.717, 1.165) is 30.2 Å². The molecule has 0 aliphatic heterocycles. The molecule has 0 atom stereocenters. The molecule has 0 spiro atoms. The average Bonchev–Trinajstić information content (AvgIpc) is 3.06. The fraction of sp³-hybridized carbons (Fsp3) is 0.211. The first-order valence-electron chi connectivity index (χ1n) is 8.94. The van der Waals surface area contributed by atoms with Crippen LogP contribution in [0.1, 0.15) is 5.82 Å². The van der Waals surface area contributed by atoms with E-state index in [4.69, 9.17) is 0 Å². The van der Waals surface area contributed by atoms with Gasteiger partial charge in [0.05, 0.1) is 29.9 Å². The number of sulfonamides is 1. The Morgan fingerprint density at radius 2 is 1.87 bits per heavy atom. The molecule has 1 heterocycles. The van der Waals surface area contributed by atoms with Gasteiger partial charge in [0, 0.05) is 13.1 Å². The molecule has 12 heteroatoms. The molecule has 0 unspecified atom stereocenters. The first-order valence-corrected chi connectivity index (χ1v) is 11.8. The second kappa shape index (κ2) is 9.43. The van der Waals surface area contributed by atoms with Crippen LogP contribution in [0, 0.1) is 11.6 Å². The van der Waals surface area contributed by atoms with Crippen molar-refractivity contribution in [2.24, 2.45) is 7.05 Å². The highest BCUT2D eigenvalue weighted by molar-refractivity contribution is 7.99. The monoisotopic (exact) mass is 467 g/mol. The topological polar surface area (TPSA) is 97.2 Å². The van der Waals surface area contributed by atoms with E-state index in [1.165, 1.54) is 4.31 Å². The molecular formula is C19H19F2N5O3S2. The van der Waals surface area contributed by atoms with Gasteiger partial charge < -0.3 is 9.88 Å². The van der Waals surface area contributed by atoms with Crippen molar-refractivity contribution in [3.8, 4) is 0 Å². The number of hydrogen-bond donors (Lipinski definition) is 1. The Hall–Kier alpha value is -2.99. The molecule has 1 N–H and O–H groups in total. The van der Waals surface area contributed by atoms with Gasteiger partial charge in [0.1, 0.15) is 11.6 Å². The molecule has 0 aliphatic carbocycles. The van der Waals surface area contributed by atoms with E-state index < -0.39 is 27.6 Å². The maximum absolute atomic E-state index is 13.7. The number of halogens is 2. The number of thioether (sulfide) groups is 1. The van der Waals surface area contributed by atoms with Crippen LogP contribution in [0.4, 0.5) is 20.2 Å². The van der Waals surface area contributed by atoms with Gasteiger partial charge in [-0.25, -0.2) is 17.2 Å². The molecule has 3 aromatic rings. The molecule has 0 aliphatic rings. The standard InChI is InChI=1S/C19H19F2N5O3S2/c1-25-17(11-26(31(2,28)29)14-6-4-3-5-7-14)23-24-19(25)30-12-18(27)22-16-9-8-13(20)10-15(16)21/h3-10H,11-12H2,1-2H3,(H,22,27). The summed E-state index contributed by atoms with van der Waals surface area (Å²) >= 11 is 1.05. The first-order chi connectivity index (χ1) is 14.6. The summed E-state index contributed by atoms with van der Waals surface area (Å²) in [5, 5.41) is 10.8. The predicted octanol–water partition coefficient (Wildman–Crippen LogP) is 2.79. The van der Waals surface area contributed by atoms with E-state index in [2.05, 4.69) is 15.5 Å². The molecule has 0 fully saturated rings. The van der Waals surface area contributed by atoms with Crippen molar-refractivity contribution in [2.75, 3.05) is 21.6 Å². The van der Waals surface area contributed by atoms with Gasteiger partial charge in [0.25, 0.3) is 0 Å². The van der Waals surface area contributed by atoms with Gasteiger partial charge in [-0.05, 0) is 24.3 Å². The zero-order chi connectivity index (χ0) is 22.6. The smallest absolute Gasteiger partial charge is 0.234 e. The molecule has 31 heavy (non-hydrogen) atoms. The van der Waals surface area contributed by atoms with Crippen molar-refractivity contribution in [2.45, 2.75) is 11.7 Å². The van der Waals surface area contributed by atoms with Crippen LogP contribution in [0.3, 0.4) is 0 Å². The lowest BCUT2D eigenvalue weighted by molar-refractivity contribution is -0.113. The molecule has 2 aromatic carbocycles. The quantitative estimate of drug-likeness (QED) is 0.512. The lowest BCUT2D eigenvalue weighted by Crippen LogP contribution is -2.30. The van der Waals surface area contributed by atoms with Crippen LogP contribution in [0.2, 0.25) is 0 Å². The number of para-hydroxylation sites is 1. The van der Waals surface area contributed by atoms with Crippen LogP contribution in [0.5, 0.6) is 0 Å². The molecule has 3 rings (SSSR count). The van der Waals surface area contributed by atoms with Gasteiger partial charge in [-0.2, -0.15) is 0 Å². The van der Waals surface area contributed by atoms with E-state index in [1.54, 1.807) is 41.9 Å². The van der Waals surface area contributed by atoms with Gasteiger partial charge in [-0.3, -0.25) is 9.10 Å². The highest BCUT2D eigenvalue weighted by atomic mass is 32.2. The molecule has 1 aromatic heterocycles. The van der Waals surface area contributed by atoms with Crippen LogP contribution >= 0.6 is 11.8 Å². The predicted molar refractivity (Wildman–Crippen MR) is 114 cm³/mol. The summed E-state index contributed by atoms with van der Waals surface area (Å²) in [5.41, 5.74) is 0.361. The van der Waals surface area contributed by atoms with E-state index >= 15 is 0 Å². The number of carbonyl (C=O) groups excluding carboxylic acids is 1. The Morgan fingerprint density at radius 1 is 1.16 bits per heavy atom. The molecule has 0 saturated carbocycles. The fourth-order valence-electron chi connectivity index (χ4n) is 2.64. The number of hydrogen-bond acceptors (Lipinski definition) is 6. The van der Waals surface area contributed by atoms with Crippen molar-refractivity contribution in [1.82, 2.24) is 14.8 Å². The van der Waals surface area contributed by atoms with Crippen LogP contribution in [0.25, 0.3) is 0 Å². The summed E-state index contributed by atoms with van der Waals surface area (Å²) < 4.78 is 53.9. The van der Waals surface area contributed by atoms with E-state index in [0.29, 0.717) is 22.7 Å². The van der Waals surface area contributed by atoms with Crippen molar-refractivity contribution < 1.29 is 22.0 Å². The molecule has 164 valence electrons. The third-order valence-electron chi connectivity index (χ3n) is 4.19. The Bertz CT molecular complexity index is 1190. The van der Waals surface area contributed by atoms with Gasteiger partial charge in [0.2, 0.25) is 15.9 Å². The van der Waals surface area contributed by atoms with Crippen LogP contribution in [-0.2, 0) is 28.4 Å². The summed E-state index contributed by atoms with van der Waals surface area (Å²) in [6.07, 6.45) is 1.10. The lowest BCUT2D eigenvalue weighted by Gasteiger charge is -2.21.